The number of halogens is 2. The van der Waals surface area contributed by atoms with Gasteiger partial charge in [0.2, 0.25) is 11.7 Å². The highest BCUT2D eigenvalue weighted by atomic mass is 35.5. The summed E-state index contributed by atoms with van der Waals surface area (Å²) in [6, 6.07) is 8.58. The highest BCUT2D eigenvalue weighted by Crippen LogP contribution is 2.40. The van der Waals surface area contributed by atoms with Crippen molar-refractivity contribution in [2.24, 2.45) is 0 Å². The van der Waals surface area contributed by atoms with Gasteiger partial charge in [-0.15, -0.1) is 0 Å². The van der Waals surface area contributed by atoms with E-state index in [0.717, 1.165) is 5.56 Å². The van der Waals surface area contributed by atoms with Crippen LogP contribution in [0.3, 0.4) is 0 Å². The Balaban J connectivity index is 1.77. The number of hydrogen-bond donors (Lipinski definition) is 1. The summed E-state index contributed by atoms with van der Waals surface area (Å²) in [5.41, 5.74) is 1.19. The zero-order valence-electron chi connectivity index (χ0n) is 13.3. The van der Waals surface area contributed by atoms with Crippen LogP contribution in [0.15, 0.2) is 36.4 Å². The predicted molar refractivity (Wildman–Crippen MR) is 98.1 cm³/mol. The average Bonchev–Trinajstić information content (AvgIpc) is 2.63. The van der Waals surface area contributed by atoms with Crippen LogP contribution in [-0.2, 0) is 4.79 Å². The second-order valence-corrected chi connectivity index (χ2v) is 5.96. The van der Waals surface area contributed by atoms with E-state index in [1.165, 1.54) is 6.08 Å². The summed E-state index contributed by atoms with van der Waals surface area (Å²) in [4.78, 5) is 12.1. The number of amides is 1. The summed E-state index contributed by atoms with van der Waals surface area (Å²) >= 11 is 12.0. The Labute approximate surface area is 155 Å². The van der Waals surface area contributed by atoms with E-state index in [9.17, 15) is 4.79 Å². The van der Waals surface area contributed by atoms with Crippen LogP contribution in [0.4, 0.5) is 5.69 Å². The number of hydrogen-bond acceptors (Lipinski definition) is 4. The molecule has 0 unspecified atom stereocenters. The molecule has 2 aromatic carbocycles. The lowest BCUT2D eigenvalue weighted by Crippen LogP contribution is -2.16. The molecule has 0 radical (unpaired) electrons. The molecule has 1 aliphatic heterocycles. The lowest BCUT2D eigenvalue weighted by Gasteiger charge is -2.20. The van der Waals surface area contributed by atoms with Gasteiger partial charge in [0.1, 0.15) is 13.2 Å². The maximum atomic E-state index is 12.1. The zero-order chi connectivity index (χ0) is 17.8. The van der Waals surface area contributed by atoms with E-state index in [-0.39, 0.29) is 5.91 Å². The van der Waals surface area contributed by atoms with Crippen molar-refractivity contribution in [3.63, 3.8) is 0 Å². The first-order valence-corrected chi connectivity index (χ1v) is 8.25. The van der Waals surface area contributed by atoms with Crippen molar-refractivity contribution in [1.82, 2.24) is 0 Å². The molecule has 130 valence electrons. The van der Waals surface area contributed by atoms with Crippen LogP contribution in [0, 0.1) is 0 Å². The number of anilines is 1. The molecule has 25 heavy (non-hydrogen) atoms. The van der Waals surface area contributed by atoms with E-state index in [0.29, 0.717) is 46.2 Å². The molecule has 1 heterocycles. The molecule has 0 spiro atoms. The van der Waals surface area contributed by atoms with Crippen LogP contribution in [-0.4, -0.2) is 26.2 Å². The van der Waals surface area contributed by atoms with Crippen LogP contribution in [0.5, 0.6) is 17.2 Å². The predicted octanol–water partition coefficient (Wildman–Crippen LogP) is 4.43. The largest absolute Gasteiger partial charge is 0.493 e. The van der Waals surface area contributed by atoms with Crippen LogP contribution in [0.1, 0.15) is 5.56 Å². The number of carbonyl (C=O) groups excluding carboxylic acids is 1. The highest BCUT2D eigenvalue weighted by Gasteiger charge is 2.17. The summed E-state index contributed by atoms with van der Waals surface area (Å²) in [6.45, 7) is 0.943. The minimum Gasteiger partial charge on any atom is -0.493 e. The van der Waals surface area contributed by atoms with Gasteiger partial charge in [-0.05, 0) is 35.9 Å². The molecule has 2 aromatic rings. The van der Waals surface area contributed by atoms with Crippen molar-refractivity contribution in [2.45, 2.75) is 0 Å². The van der Waals surface area contributed by atoms with E-state index in [1.807, 2.05) is 0 Å². The van der Waals surface area contributed by atoms with Gasteiger partial charge in [0.25, 0.3) is 0 Å². The number of rotatable bonds is 4. The lowest BCUT2D eigenvalue weighted by atomic mass is 10.1. The lowest BCUT2D eigenvalue weighted by molar-refractivity contribution is -0.111. The fourth-order valence-corrected chi connectivity index (χ4v) is 2.68. The van der Waals surface area contributed by atoms with Gasteiger partial charge in [-0.2, -0.15) is 0 Å². The fraction of sp³-hybridized carbons (Fsp3) is 0.167. The molecule has 5 nitrogen and oxygen atoms in total. The Morgan fingerprint density at radius 3 is 2.84 bits per heavy atom. The van der Waals surface area contributed by atoms with Crippen LogP contribution < -0.4 is 19.5 Å². The first-order chi connectivity index (χ1) is 12.1. The van der Waals surface area contributed by atoms with Crippen LogP contribution in [0.2, 0.25) is 10.0 Å². The SMILES string of the molecule is COc1cc(/C=C/C(=O)Nc2cccc(Cl)c2Cl)cc2c1OCCO2. The Morgan fingerprint density at radius 2 is 2.04 bits per heavy atom. The van der Waals surface area contributed by atoms with Crippen LogP contribution in [0.25, 0.3) is 6.08 Å². The van der Waals surface area contributed by atoms with Crippen molar-refractivity contribution in [3.8, 4) is 17.2 Å². The number of nitrogens with one attached hydrogen (secondary N) is 1. The van der Waals surface area contributed by atoms with Gasteiger partial charge >= 0.3 is 0 Å². The maximum Gasteiger partial charge on any atom is 0.248 e. The first-order valence-electron chi connectivity index (χ1n) is 7.49. The summed E-state index contributed by atoms with van der Waals surface area (Å²) in [6.07, 6.45) is 3.04. The van der Waals surface area contributed by atoms with Gasteiger partial charge in [-0.25, -0.2) is 0 Å². The second-order valence-electron chi connectivity index (χ2n) is 5.17. The third kappa shape index (κ3) is 4.00. The standard InChI is InChI=1S/C18H15Cl2NO4/c1-23-14-9-11(10-15-18(14)25-8-7-24-15)5-6-16(22)21-13-4-2-3-12(19)17(13)20/h2-6,9-10H,7-8H2,1H3,(H,21,22)/b6-5+. The molecule has 1 amide bonds. The number of ether oxygens (including phenoxy) is 3. The quantitative estimate of drug-likeness (QED) is 0.798. The van der Waals surface area contributed by atoms with E-state index < -0.39 is 0 Å². The summed E-state index contributed by atoms with van der Waals surface area (Å²) in [5, 5.41) is 3.36. The molecule has 7 heteroatoms. The van der Waals surface area contributed by atoms with E-state index in [1.54, 1.807) is 43.5 Å². The Kier molecular flexibility index (Phi) is 5.36. The minimum atomic E-state index is -0.335. The van der Waals surface area contributed by atoms with Crippen LogP contribution >= 0.6 is 23.2 Å². The number of methoxy groups -OCH3 is 1. The maximum absolute atomic E-state index is 12.1. The molecule has 0 aliphatic carbocycles. The summed E-state index contributed by atoms with van der Waals surface area (Å²) < 4.78 is 16.4. The average molecular weight is 380 g/mol. The zero-order valence-corrected chi connectivity index (χ0v) is 14.9. The molecule has 0 atom stereocenters. The van der Waals surface area contributed by atoms with Crippen molar-refractivity contribution < 1.29 is 19.0 Å². The topological polar surface area (TPSA) is 56.8 Å². The van der Waals surface area contributed by atoms with Crippen molar-refractivity contribution >= 4 is 40.9 Å². The molecule has 3 rings (SSSR count). The normalized spacial score (nSPS) is 12.9. The van der Waals surface area contributed by atoms with Gasteiger partial charge in [-0.3, -0.25) is 4.79 Å². The fourth-order valence-electron chi connectivity index (χ4n) is 2.34. The highest BCUT2D eigenvalue weighted by molar-refractivity contribution is 6.44. The molecule has 0 aromatic heterocycles. The summed E-state index contributed by atoms with van der Waals surface area (Å²) in [5.74, 6) is 1.37. The summed E-state index contributed by atoms with van der Waals surface area (Å²) in [7, 11) is 1.55. The van der Waals surface area contributed by atoms with Gasteiger partial charge in [-0.1, -0.05) is 29.3 Å². The third-order valence-corrected chi connectivity index (χ3v) is 4.31. The molecular weight excluding hydrogens is 365 g/mol. The van der Waals surface area contributed by atoms with Crippen molar-refractivity contribution in [3.05, 3.63) is 52.0 Å². The molecule has 0 saturated heterocycles. The van der Waals surface area contributed by atoms with Gasteiger partial charge in [0, 0.05) is 6.08 Å². The van der Waals surface area contributed by atoms with Gasteiger partial charge in [0.05, 0.1) is 22.8 Å². The smallest absolute Gasteiger partial charge is 0.248 e. The van der Waals surface area contributed by atoms with E-state index in [4.69, 9.17) is 37.4 Å². The Morgan fingerprint density at radius 1 is 1.24 bits per heavy atom. The van der Waals surface area contributed by atoms with E-state index >= 15 is 0 Å². The first kappa shape index (κ1) is 17.5. The van der Waals surface area contributed by atoms with Crippen molar-refractivity contribution in [1.29, 1.82) is 0 Å². The number of benzene rings is 2. The van der Waals surface area contributed by atoms with Crippen molar-refractivity contribution in [2.75, 3.05) is 25.6 Å². The van der Waals surface area contributed by atoms with Gasteiger partial charge in [0.15, 0.2) is 11.5 Å². The Bertz CT molecular complexity index is 819. The monoisotopic (exact) mass is 379 g/mol. The van der Waals surface area contributed by atoms with E-state index in [2.05, 4.69) is 5.32 Å². The Hall–Kier alpha value is -2.37. The molecule has 1 aliphatic rings. The second kappa shape index (κ2) is 7.68. The molecular formula is C18H15Cl2NO4. The number of carbonyl (C=O) groups is 1. The minimum absolute atomic E-state index is 0.298. The number of fused-ring (bicyclic) bond motifs is 1. The third-order valence-electron chi connectivity index (χ3n) is 3.49. The molecule has 1 N–H and O–H groups in total. The molecule has 0 fully saturated rings. The van der Waals surface area contributed by atoms with Gasteiger partial charge < -0.3 is 19.5 Å². The molecule has 0 saturated carbocycles. The molecule has 0 bridgehead atoms.